The number of piperidine rings is 1. The molecular weight excluding hydrogens is 357 g/mol. The van der Waals surface area contributed by atoms with Crippen molar-refractivity contribution in [1.29, 1.82) is 0 Å². The Balaban J connectivity index is 1.94. The standard InChI is InChI=1S/C23H30FNO3/c1-27-15-6-5-13-23(26,18-8-7-14-25-17-18)21-16-19(24)11-12-22(21)28-20-9-3-2-4-10-20/h2-4,9-12,16,18,25-26H,5-8,13-15,17H2,1H3/t18?,23-/m0/s1. The van der Waals surface area contributed by atoms with E-state index in [1.165, 1.54) is 12.1 Å². The van der Waals surface area contributed by atoms with Gasteiger partial charge in [-0.3, -0.25) is 0 Å². The molecule has 0 spiro atoms. The molecule has 152 valence electrons. The second kappa shape index (κ2) is 10.0. The van der Waals surface area contributed by atoms with Crippen LogP contribution in [0.3, 0.4) is 0 Å². The Hall–Kier alpha value is -1.95. The number of rotatable bonds is 9. The molecule has 1 unspecified atom stereocenters. The van der Waals surface area contributed by atoms with Crippen molar-refractivity contribution in [2.75, 3.05) is 26.8 Å². The first kappa shape index (κ1) is 20.8. The van der Waals surface area contributed by atoms with Crippen molar-refractivity contribution in [2.45, 2.75) is 37.7 Å². The summed E-state index contributed by atoms with van der Waals surface area (Å²) >= 11 is 0. The zero-order chi connectivity index (χ0) is 19.8. The van der Waals surface area contributed by atoms with Gasteiger partial charge in [-0.15, -0.1) is 0 Å². The first-order chi connectivity index (χ1) is 13.6. The number of methoxy groups -OCH3 is 1. The van der Waals surface area contributed by atoms with Crippen LogP contribution in [0, 0.1) is 11.7 Å². The SMILES string of the molecule is COCCCC[C@@](O)(c1cc(F)ccc1Oc1ccccc1)C1CCCNC1. The third-order valence-electron chi connectivity index (χ3n) is 5.51. The monoisotopic (exact) mass is 387 g/mol. The second-order valence-corrected chi connectivity index (χ2v) is 7.47. The van der Waals surface area contributed by atoms with Crippen LogP contribution in [-0.2, 0) is 10.3 Å². The summed E-state index contributed by atoms with van der Waals surface area (Å²) in [6.07, 6.45) is 4.08. The maximum Gasteiger partial charge on any atom is 0.133 e. The molecule has 0 aromatic heterocycles. The van der Waals surface area contributed by atoms with Crippen LogP contribution >= 0.6 is 0 Å². The van der Waals surface area contributed by atoms with Crippen LogP contribution in [0.5, 0.6) is 11.5 Å². The molecule has 0 aliphatic carbocycles. The van der Waals surface area contributed by atoms with Crippen LogP contribution in [0.15, 0.2) is 48.5 Å². The lowest BCUT2D eigenvalue weighted by atomic mass is 9.74. The number of aliphatic hydroxyl groups is 1. The van der Waals surface area contributed by atoms with E-state index in [0.717, 1.165) is 32.2 Å². The Morgan fingerprint density at radius 3 is 2.71 bits per heavy atom. The smallest absolute Gasteiger partial charge is 0.133 e. The van der Waals surface area contributed by atoms with E-state index in [1.54, 1.807) is 13.2 Å². The van der Waals surface area contributed by atoms with Gasteiger partial charge in [0.05, 0.1) is 5.60 Å². The molecule has 28 heavy (non-hydrogen) atoms. The average Bonchev–Trinajstić information content (AvgIpc) is 2.74. The lowest BCUT2D eigenvalue weighted by Gasteiger charge is -2.40. The van der Waals surface area contributed by atoms with E-state index in [2.05, 4.69) is 5.32 Å². The van der Waals surface area contributed by atoms with Crippen molar-refractivity contribution in [3.8, 4) is 11.5 Å². The van der Waals surface area contributed by atoms with E-state index in [9.17, 15) is 9.50 Å². The molecule has 2 aromatic carbocycles. The largest absolute Gasteiger partial charge is 0.457 e. The molecule has 1 fully saturated rings. The molecule has 1 aliphatic rings. The number of halogens is 1. The van der Waals surface area contributed by atoms with E-state index >= 15 is 0 Å². The van der Waals surface area contributed by atoms with E-state index in [1.807, 2.05) is 30.3 Å². The summed E-state index contributed by atoms with van der Waals surface area (Å²) in [5.74, 6) is 0.810. The van der Waals surface area contributed by atoms with Gasteiger partial charge < -0.3 is 19.9 Å². The fourth-order valence-corrected chi connectivity index (χ4v) is 4.00. The highest BCUT2D eigenvalue weighted by atomic mass is 19.1. The van der Waals surface area contributed by atoms with Gasteiger partial charge >= 0.3 is 0 Å². The Morgan fingerprint density at radius 1 is 1.18 bits per heavy atom. The van der Waals surface area contributed by atoms with Gasteiger partial charge in [-0.05, 0) is 69.0 Å². The van der Waals surface area contributed by atoms with Crippen molar-refractivity contribution in [2.24, 2.45) is 5.92 Å². The lowest BCUT2D eigenvalue weighted by Crippen LogP contribution is -2.44. The molecule has 2 aromatic rings. The molecule has 1 aliphatic heterocycles. The topological polar surface area (TPSA) is 50.7 Å². The van der Waals surface area contributed by atoms with Crippen molar-refractivity contribution >= 4 is 0 Å². The van der Waals surface area contributed by atoms with E-state index in [0.29, 0.717) is 36.6 Å². The first-order valence-corrected chi connectivity index (χ1v) is 10.1. The number of benzene rings is 2. The van der Waals surface area contributed by atoms with Crippen LogP contribution in [0.2, 0.25) is 0 Å². The van der Waals surface area contributed by atoms with Crippen molar-refractivity contribution < 1.29 is 19.0 Å². The molecule has 0 amide bonds. The fourth-order valence-electron chi connectivity index (χ4n) is 4.00. The summed E-state index contributed by atoms with van der Waals surface area (Å²) in [5.41, 5.74) is -0.629. The summed E-state index contributed by atoms with van der Waals surface area (Å²) in [6.45, 7) is 2.31. The average molecular weight is 387 g/mol. The Morgan fingerprint density at radius 2 is 2.00 bits per heavy atom. The third-order valence-corrected chi connectivity index (χ3v) is 5.51. The zero-order valence-electron chi connectivity index (χ0n) is 16.5. The normalized spacial score (nSPS) is 19.2. The molecule has 5 heteroatoms. The van der Waals surface area contributed by atoms with Gasteiger partial charge in [0.25, 0.3) is 0 Å². The molecule has 2 N–H and O–H groups in total. The highest BCUT2D eigenvalue weighted by Gasteiger charge is 2.41. The van der Waals surface area contributed by atoms with Gasteiger partial charge in [-0.2, -0.15) is 0 Å². The fraction of sp³-hybridized carbons (Fsp3) is 0.478. The Labute approximate surface area is 166 Å². The third kappa shape index (κ3) is 5.10. The highest BCUT2D eigenvalue weighted by molar-refractivity contribution is 5.42. The molecule has 0 radical (unpaired) electrons. The first-order valence-electron chi connectivity index (χ1n) is 10.1. The molecule has 2 atom stereocenters. The summed E-state index contributed by atoms with van der Waals surface area (Å²) in [4.78, 5) is 0. The predicted octanol–water partition coefficient (Wildman–Crippen LogP) is 4.62. The van der Waals surface area contributed by atoms with Gasteiger partial charge in [0.15, 0.2) is 0 Å². The minimum Gasteiger partial charge on any atom is -0.457 e. The lowest BCUT2D eigenvalue weighted by molar-refractivity contribution is -0.0449. The van der Waals surface area contributed by atoms with Crippen molar-refractivity contribution in [1.82, 2.24) is 5.32 Å². The number of ether oxygens (including phenoxy) is 2. The van der Waals surface area contributed by atoms with Gasteiger partial charge in [-0.1, -0.05) is 18.2 Å². The summed E-state index contributed by atoms with van der Waals surface area (Å²) in [6, 6.07) is 13.8. The Kier molecular flexibility index (Phi) is 7.43. The molecule has 4 nitrogen and oxygen atoms in total. The minimum absolute atomic E-state index is 0.00344. The quantitative estimate of drug-likeness (QED) is 0.617. The minimum atomic E-state index is -1.16. The molecule has 0 saturated carbocycles. The van der Waals surface area contributed by atoms with Crippen LogP contribution in [-0.4, -0.2) is 31.9 Å². The van der Waals surface area contributed by atoms with Gasteiger partial charge in [0, 0.05) is 31.7 Å². The second-order valence-electron chi connectivity index (χ2n) is 7.47. The predicted molar refractivity (Wildman–Crippen MR) is 108 cm³/mol. The summed E-state index contributed by atoms with van der Waals surface area (Å²) in [5, 5.41) is 15.2. The number of nitrogens with one attached hydrogen (secondary N) is 1. The molecule has 3 rings (SSSR count). The van der Waals surface area contributed by atoms with Crippen LogP contribution in [0.4, 0.5) is 4.39 Å². The van der Waals surface area contributed by atoms with E-state index < -0.39 is 5.60 Å². The van der Waals surface area contributed by atoms with Crippen LogP contribution in [0.1, 0.15) is 37.7 Å². The highest BCUT2D eigenvalue weighted by Crippen LogP contribution is 2.43. The zero-order valence-corrected chi connectivity index (χ0v) is 16.5. The summed E-state index contributed by atoms with van der Waals surface area (Å²) < 4.78 is 25.4. The number of para-hydroxylation sites is 1. The van der Waals surface area contributed by atoms with Crippen LogP contribution in [0.25, 0.3) is 0 Å². The van der Waals surface area contributed by atoms with Crippen LogP contribution < -0.4 is 10.1 Å². The van der Waals surface area contributed by atoms with Gasteiger partial charge in [-0.25, -0.2) is 4.39 Å². The van der Waals surface area contributed by atoms with Gasteiger partial charge in [0.2, 0.25) is 0 Å². The van der Waals surface area contributed by atoms with E-state index in [-0.39, 0.29) is 11.7 Å². The Bertz CT molecular complexity index is 734. The molecule has 1 heterocycles. The number of hydrogen-bond donors (Lipinski definition) is 2. The maximum atomic E-state index is 14.2. The number of unbranched alkanes of at least 4 members (excludes halogenated alkanes) is 1. The van der Waals surface area contributed by atoms with Gasteiger partial charge in [0.1, 0.15) is 17.3 Å². The maximum absolute atomic E-state index is 14.2. The van der Waals surface area contributed by atoms with Crippen molar-refractivity contribution in [3.63, 3.8) is 0 Å². The summed E-state index contributed by atoms with van der Waals surface area (Å²) in [7, 11) is 1.68. The van der Waals surface area contributed by atoms with E-state index in [4.69, 9.17) is 9.47 Å². The number of hydrogen-bond acceptors (Lipinski definition) is 4. The molecular formula is C23H30FNO3. The van der Waals surface area contributed by atoms with Crippen molar-refractivity contribution in [3.05, 3.63) is 59.9 Å². The molecule has 0 bridgehead atoms. The molecule has 1 saturated heterocycles.